The summed E-state index contributed by atoms with van der Waals surface area (Å²) in [6, 6.07) is 8.20. The molecule has 0 spiro atoms. The molecule has 0 aliphatic carbocycles. The molecule has 0 saturated carbocycles. The van der Waals surface area contributed by atoms with Crippen LogP contribution in [-0.4, -0.2) is 63.7 Å². The molecule has 0 fully saturated rings. The average molecular weight is 353 g/mol. The van der Waals surface area contributed by atoms with Gasteiger partial charge in [0.25, 0.3) is 0 Å². The smallest absolute Gasteiger partial charge is 0.191 e. The Morgan fingerprint density at radius 3 is 2.79 bits per heavy atom. The van der Waals surface area contributed by atoms with Crippen LogP contribution in [0, 0.1) is 0 Å². The number of nitrogens with zero attached hydrogens (tertiary/aromatic N) is 2. The molecule has 0 aliphatic rings. The number of hydrogen-bond donors (Lipinski definition) is 2. The summed E-state index contributed by atoms with van der Waals surface area (Å²) in [5.74, 6) is 2.98. The van der Waals surface area contributed by atoms with Crippen LogP contribution in [0.3, 0.4) is 0 Å². The van der Waals surface area contributed by atoms with Crippen molar-refractivity contribution in [1.29, 1.82) is 0 Å². The van der Waals surface area contributed by atoms with E-state index in [9.17, 15) is 0 Å². The second-order valence-corrected chi connectivity index (χ2v) is 6.84. The van der Waals surface area contributed by atoms with Crippen molar-refractivity contribution in [3.05, 3.63) is 29.8 Å². The molecule has 1 aromatic rings. The molecule has 0 saturated heterocycles. The first kappa shape index (κ1) is 20.6. The quantitative estimate of drug-likeness (QED) is 0.364. The van der Waals surface area contributed by atoms with Crippen molar-refractivity contribution in [2.45, 2.75) is 19.4 Å². The van der Waals surface area contributed by atoms with E-state index in [0.717, 1.165) is 37.8 Å². The number of ether oxygens (including phenoxy) is 1. The molecule has 0 bridgehead atoms. The minimum atomic E-state index is 0.698. The molecule has 5 nitrogen and oxygen atoms in total. The first-order valence-corrected chi connectivity index (χ1v) is 9.85. The van der Waals surface area contributed by atoms with Crippen molar-refractivity contribution in [2.24, 2.45) is 4.99 Å². The number of guanidine groups is 1. The predicted molar refractivity (Wildman–Crippen MR) is 106 cm³/mol. The number of nitrogens with one attached hydrogen (secondary N) is 2. The minimum Gasteiger partial charge on any atom is -0.492 e. The molecular formula is C18H32N4OS. The van der Waals surface area contributed by atoms with Crippen molar-refractivity contribution < 1.29 is 4.74 Å². The maximum absolute atomic E-state index is 5.78. The van der Waals surface area contributed by atoms with E-state index in [-0.39, 0.29) is 0 Å². The van der Waals surface area contributed by atoms with E-state index in [2.05, 4.69) is 38.9 Å². The van der Waals surface area contributed by atoms with E-state index in [4.69, 9.17) is 4.74 Å². The highest BCUT2D eigenvalue weighted by Crippen LogP contribution is 2.13. The maximum atomic E-state index is 5.78. The lowest BCUT2D eigenvalue weighted by atomic mass is 10.2. The van der Waals surface area contributed by atoms with Crippen LogP contribution < -0.4 is 15.4 Å². The van der Waals surface area contributed by atoms with Crippen LogP contribution in [0.15, 0.2) is 29.3 Å². The highest BCUT2D eigenvalue weighted by atomic mass is 32.2. The van der Waals surface area contributed by atoms with Gasteiger partial charge >= 0.3 is 0 Å². The van der Waals surface area contributed by atoms with Gasteiger partial charge in [0.05, 0.1) is 0 Å². The molecule has 0 atom stereocenters. The van der Waals surface area contributed by atoms with Gasteiger partial charge in [0.2, 0.25) is 0 Å². The van der Waals surface area contributed by atoms with Crippen molar-refractivity contribution in [3.8, 4) is 5.75 Å². The van der Waals surface area contributed by atoms with Gasteiger partial charge in [-0.05, 0) is 56.6 Å². The molecular weight excluding hydrogens is 320 g/mol. The zero-order valence-corrected chi connectivity index (χ0v) is 16.3. The van der Waals surface area contributed by atoms with Gasteiger partial charge in [-0.3, -0.25) is 4.99 Å². The Kier molecular flexibility index (Phi) is 11.1. The van der Waals surface area contributed by atoms with Gasteiger partial charge in [0, 0.05) is 26.7 Å². The Bertz CT molecular complexity index is 480. The third-order valence-corrected chi connectivity index (χ3v) is 4.15. The summed E-state index contributed by atoms with van der Waals surface area (Å²) in [6.45, 7) is 3.29. The molecule has 136 valence electrons. The lowest BCUT2D eigenvalue weighted by Gasteiger charge is -2.13. The van der Waals surface area contributed by atoms with Gasteiger partial charge in [-0.25, -0.2) is 0 Å². The first-order valence-electron chi connectivity index (χ1n) is 8.45. The summed E-state index contributed by atoms with van der Waals surface area (Å²) >= 11 is 1.89. The zero-order valence-electron chi connectivity index (χ0n) is 15.5. The van der Waals surface area contributed by atoms with E-state index in [1.54, 1.807) is 7.05 Å². The fourth-order valence-corrected chi connectivity index (χ4v) is 2.57. The summed E-state index contributed by atoms with van der Waals surface area (Å²) in [4.78, 5) is 6.38. The normalized spacial score (nSPS) is 11.6. The fourth-order valence-electron chi connectivity index (χ4n) is 2.08. The van der Waals surface area contributed by atoms with Gasteiger partial charge in [-0.2, -0.15) is 11.8 Å². The van der Waals surface area contributed by atoms with Crippen LogP contribution in [0.4, 0.5) is 0 Å². The Labute approximate surface area is 151 Å². The fraction of sp³-hybridized carbons (Fsp3) is 0.611. The highest BCUT2D eigenvalue weighted by molar-refractivity contribution is 7.98. The van der Waals surface area contributed by atoms with Crippen molar-refractivity contribution >= 4 is 17.7 Å². The molecule has 2 N–H and O–H groups in total. The Morgan fingerprint density at radius 1 is 1.25 bits per heavy atom. The zero-order chi connectivity index (χ0) is 17.6. The molecule has 0 aliphatic heterocycles. The molecule has 6 heteroatoms. The van der Waals surface area contributed by atoms with E-state index in [0.29, 0.717) is 6.61 Å². The molecule has 0 aromatic heterocycles. The van der Waals surface area contributed by atoms with Gasteiger partial charge in [0.1, 0.15) is 12.4 Å². The molecule has 0 radical (unpaired) electrons. The highest BCUT2D eigenvalue weighted by Gasteiger charge is 2.01. The summed E-state index contributed by atoms with van der Waals surface area (Å²) in [5, 5.41) is 6.70. The number of aliphatic imine (C=N–C) groups is 1. The van der Waals surface area contributed by atoms with E-state index in [1.165, 1.54) is 17.7 Å². The van der Waals surface area contributed by atoms with Crippen LogP contribution in [0.1, 0.15) is 18.4 Å². The SMILES string of the molecule is CN=C(NCCCCSC)NCc1cccc(OCCN(C)C)c1. The standard InChI is InChI=1S/C18H32N4OS/c1-19-18(20-10-5-6-13-24-4)21-15-16-8-7-9-17(14-16)23-12-11-22(2)3/h7-9,14H,5-6,10-13,15H2,1-4H3,(H2,19,20,21). The van der Waals surface area contributed by atoms with Gasteiger partial charge in [-0.1, -0.05) is 12.1 Å². The number of unbranched alkanes of at least 4 members (excludes halogenated alkanes) is 1. The van der Waals surface area contributed by atoms with Gasteiger partial charge in [0.15, 0.2) is 5.96 Å². The predicted octanol–water partition coefficient (Wildman–Crippen LogP) is 2.44. The van der Waals surface area contributed by atoms with E-state index in [1.807, 2.05) is 38.0 Å². The number of hydrogen-bond acceptors (Lipinski definition) is 4. The number of thioether (sulfide) groups is 1. The number of benzene rings is 1. The molecule has 24 heavy (non-hydrogen) atoms. The summed E-state index contributed by atoms with van der Waals surface area (Å²) < 4.78 is 5.78. The molecule has 1 rings (SSSR count). The number of rotatable bonds is 11. The maximum Gasteiger partial charge on any atom is 0.191 e. The van der Waals surface area contributed by atoms with Crippen molar-refractivity contribution in [3.63, 3.8) is 0 Å². The molecule has 0 unspecified atom stereocenters. The third kappa shape index (κ3) is 9.67. The van der Waals surface area contributed by atoms with E-state index >= 15 is 0 Å². The third-order valence-electron chi connectivity index (χ3n) is 3.46. The Balaban J connectivity index is 2.34. The van der Waals surface area contributed by atoms with Crippen molar-refractivity contribution in [1.82, 2.24) is 15.5 Å². The summed E-state index contributed by atoms with van der Waals surface area (Å²) in [6.07, 6.45) is 4.54. The van der Waals surface area contributed by atoms with Crippen LogP contribution >= 0.6 is 11.8 Å². The first-order chi connectivity index (χ1) is 11.7. The second kappa shape index (κ2) is 13.0. The topological polar surface area (TPSA) is 48.9 Å². The van der Waals surface area contributed by atoms with Gasteiger partial charge in [-0.15, -0.1) is 0 Å². The van der Waals surface area contributed by atoms with Crippen LogP contribution in [0.25, 0.3) is 0 Å². The lowest BCUT2D eigenvalue weighted by Crippen LogP contribution is -2.37. The summed E-state index contributed by atoms with van der Waals surface area (Å²) in [5.41, 5.74) is 1.18. The van der Waals surface area contributed by atoms with Crippen LogP contribution in [0.2, 0.25) is 0 Å². The largest absolute Gasteiger partial charge is 0.492 e. The Morgan fingerprint density at radius 2 is 2.08 bits per heavy atom. The van der Waals surface area contributed by atoms with Gasteiger partial charge < -0.3 is 20.3 Å². The molecule has 0 amide bonds. The second-order valence-electron chi connectivity index (χ2n) is 5.85. The lowest BCUT2D eigenvalue weighted by molar-refractivity contribution is 0.261. The van der Waals surface area contributed by atoms with Crippen molar-refractivity contribution in [2.75, 3.05) is 52.8 Å². The minimum absolute atomic E-state index is 0.698. The van der Waals surface area contributed by atoms with Crippen LogP contribution in [-0.2, 0) is 6.54 Å². The van der Waals surface area contributed by atoms with Crippen LogP contribution in [0.5, 0.6) is 5.75 Å². The number of likely N-dealkylation sites (N-methyl/N-ethyl adjacent to an activating group) is 1. The Hall–Kier alpha value is -1.40. The summed E-state index contributed by atoms with van der Waals surface area (Å²) in [7, 11) is 5.89. The molecule has 1 aromatic carbocycles. The monoisotopic (exact) mass is 352 g/mol. The van der Waals surface area contributed by atoms with E-state index < -0.39 is 0 Å². The molecule has 0 heterocycles. The average Bonchev–Trinajstić information content (AvgIpc) is 2.57.